The van der Waals surface area contributed by atoms with Gasteiger partial charge in [0.25, 0.3) is 0 Å². The van der Waals surface area contributed by atoms with E-state index in [9.17, 15) is 4.79 Å². The maximum absolute atomic E-state index is 12.5. The molecule has 1 N–H and O–H groups in total. The number of thiol groups is 1. The molecular formula is C18H28N4OS. The molecule has 24 heavy (non-hydrogen) atoms. The Kier molecular flexibility index (Phi) is 5.91. The first-order valence-electron chi connectivity index (χ1n) is 8.44. The monoisotopic (exact) mass is 348 g/mol. The molecule has 2 amide bonds. The van der Waals surface area contributed by atoms with Gasteiger partial charge in [-0.2, -0.15) is 10.2 Å². The quantitative estimate of drug-likeness (QED) is 0.578. The highest BCUT2D eigenvalue weighted by molar-refractivity contribution is 7.78. The Bertz CT molecular complexity index is 580. The molecular weight excluding hydrogens is 320 g/mol. The van der Waals surface area contributed by atoms with Crippen LogP contribution in [0.15, 0.2) is 40.6 Å². The molecule has 6 heteroatoms. The van der Waals surface area contributed by atoms with Gasteiger partial charge < -0.3 is 5.32 Å². The summed E-state index contributed by atoms with van der Waals surface area (Å²) < 4.78 is 1.37. The Hall–Kier alpha value is -1.56. The van der Waals surface area contributed by atoms with Crippen LogP contribution in [0.1, 0.15) is 46.1 Å². The summed E-state index contributed by atoms with van der Waals surface area (Å²) in [5.41, 5.74) is -0.0792. The fourth-order valence-corrected chi connectivity index (χ4v) is 2.42. The molecule has 2 rings (SSSR count). The number of rotatable bonds is 6. The van der Waals surface area contributed by atoms with Crippen molar-refractivity contribution in [3.05, 3.63) is 35.9 Å². The Morgan fingerprint density at radius 1 is 1.21 bits per heavy atom. The van der Waals surface area contributed by atoms with E-state index in [1.807, 2.05) is 58.0 Å². The second kappa shape index (κ2) is 7.55. The third-order valence-electron chi connectivity index (χ3n) is 3.83. The molecule has 1 aromatic carbocycles. The SMILES string of the molecule is CC(C)(C)N=NC(C)(Cc1ccccc1)N(S)C(=O)NCC1CC1. The van der Waals surface area contributed by atoms with Gasteiger partial charge in [0.05, 0.1) is 5.54 Å². The molecule has 1 unspecified atom stereocenters. The predicted octanol–water partition coefficient (Wildman–Crippen LogP) is 4.46. The summed E-state index contributed by atoms with van der Waals surface area (Å²) in [4.78, 5) is 12.5. The van der Waals surface area contributed by atoms with Gasteiger partial charge in [0.2, 0.25) is 0 Å². The zero-order valence-electron chi connectivity index (χ0n) is 15.0. The van der Waals surface area contributed by atoms with Crippen molar-refractivity contribution in [2.24, 2.45) is 16.1 Å². The summed E-state index contributed by atoms with van der Waals surface area (Å²) in [5, 5.41) is 11.8. The third-order valence-corrected chi connectivity index (χ3v) is 4.45. The minimum atomic E-state index is -0.856. The molecule has 132 valence electrons. The predicted molar refractivity (Wildman–Crippen MR) is 100 cm³/mol. The van der Waals surface area contributed by atoms with E-state index in [0.29, 0.717) is 18.9 Å². The number of benzene rings is 1. The number of carbonyl (C=O) groups is 1. The summed E-state index contributed by atoms with van der Waals surface area (Å²) in [6.45, 7) is 8.53. The van der Waals surface area contributed by atoms with E-state index >= 15 is 0 Å². The molecule has 1 aliphatic rings. The Balaban J connectivity index is 2.16. The zero-order chi connectivity index (χ0) is 17.8. The van der Waals surface area contributed by atoms with Gasteiger partial charge in [0, 0.05) is 13.0 Å². The van der Waals surface area contributed by atoms with E-state index in [0.717, 1.165) is 5.56 Å². The van der Waals surface area contributed by atoms with Crippen LogP contribution in [0, 0.1) is 5.92 Å². The van der Waals surface area contributed by atoms with E-state index in [1.54, 1.807) is 0 Å². The molecule has 0 spiro atoms. The molecule has 1 saturated carbocycles. The standard InChI is InChI=1S/C18H28N4OS/c1-17(2,3)20-21-18(4,12-14-8-6-5-7-9-14)22(24)16(23)19-13-15-10-11-15/h5-9,15,24H,10-13H2,1-4H3,(H,19,23). The van der Waals surface area contributed by atoms with Crippen molar-refractivity contribution in [1.29, 1.82) is 0 Å². The van der Waals surface area contributed by atoms with Crippen LogP contribution in [0.4, 0.5) is 4.79 Å². The number of nitrogens with one attached hydrogen (secondary N) is 1. The Morgan fingerprint density at radius 3 is 2.38 bits per heavy atom. The van der Waals surface area contributed by atoms with Crippen LogP contribution in [0.25, 0.3) is 0 Å². The highest BCUT2D eigenvalue weighted by Crippen LogP contribution is 2.29. The van der Waals surface area contributed by atoms with Gasteiger partial charge in [-0.05, 0) is 52.0 Å². The van der Waals surface area contributed by atoms with Gasteiger partial charge in [-0.1, -0.05) is 43.1 Å². The third kappa shape index (κ3) is 5.82. The van der Waals surface area contributed by atoms with Gasteiger partial charge >= 0.3 is 6.03 Å². The fourth-order valence-electron chi connectivity index (χ4n) is 2.24. The number of hydrogen-bond acceptors (Lipinski definition) is 4. The molecule has 0 heterocycles. The number of urea groups is 1. The second-order valence-electron chi connectivity index (χ2n) is 7.69. The van der Waals surface area contributed by atoms with Crippen molar-refractivity contribution >= 4 is 18.8 Å². The normalized spacial score (nSPS) is 17.5. The molecule has 0 aromatic heterocycles. The van der Waals surface area contributed by atoms with Gasteiger partial charge in [0.1, 0.15) is 0 Å². The lowest BCUT2D eigenvalue weighted by molar-refractivity contribution is 0.186. The highest BCUT2D eigenvalue weighted by atomic mass is 32.1. The molecule has 1 aliphatic carbocycles. The van der Waals surface area contributed by atoms with Gasteiger partial charge in [-0.15, -0.1) is 0 Å². The number of azo groups is 1. The van der Waals surface area contributed by atoms with Crippen LogP contribution in [-0.4, -0.2) is 28.1 Å². The van der Waals surface area contributed by atoms with Crippen molar-refractivity contribution < 1.29 is 4.79 Å². The maximum Gasteiger partial charge on any atom is 0.329 e. The summed E-state index contributed by atoms with van der Waals surface area (Å²) in [6, 6.07) is 9.75. The molecule has 0 saturated heterocycles. The number of amides is 2. The molecule has 0 radical (unpaired) electrons. The lowest BCUT2D eigenvalue weighted by Gasteiger charge is -2.34. The smallest absolute Gasteiger partial charge is 0.329 e. The molecule has 0 aliphatic heterocycles. The van der Waals surface area contributed by atoms with Crippen LogP contribution in [0.2, 0.25) is 0 Å². The lowest BCUT2D eigenvalue weighted by Crippen LogP contribution is -2.49. The van der Waals surface area contributed by atoms with Crippen molar-refractivity contribution in [3.63, 3.8) is 0 Å². The topological polar surface area (TPSA) is 57.1 Å². The van der Waals surface area contributed by atoms with E-state index in [2.05, 4.69) is 28.4 Å². The van der Waals surface area contributed by atoms with Crippen molar-refractivity contribution in [2.75, 3.05) is 6.54 Å². The molecule has 1 aromatic rings. The summed E-state index contributed by atoms with van der Waals surface area (Å²) in [5.74, 6) is 0.618. The molecule has 1 fully saturated rings. The fraction of sp³-hybridized carbons (Fsp3) is 0.611. The van der Waals surface area contributed by atoms with E-state index < -0.39 is 5.66 Å². The number of hydrogen-bond donors (Lipinski definition) is 2. The van der Waals surface area contributed by atoms with Crippen LogP contribution in [-0.2, 0) is 6.42 Å². The van der Waals surface area contributed by atoms with Crippen LogP contribution in [0.5, 0.6) is 0 Å². The second-order valence-corrected chi connectivity index (χ2v) is 8.09. The van der Waals surface area contributed by atoms with Gasteiger partial charge in [-0.25, -0.2) is 9.10 Å². The van der Waals surface area contributed by atoms with Crippen LogP contribution >= 0.6 is 12.8 Å². The van der Waals surface area contributed by atoms with Crippen molar-refractivity contribution in [1.82, 2.24) is 9.62 Å². The van der Waals surface area contributed by atoms with Crippen LogP contribution in [0.3, 0.4) is 0 Å². The first-order valence-corrected chi connectivity index (χ1v) is 8.84. The van der Waals surface area contributed by atoms with Crippen molar-refractivity contribution in [3.8, 4) is 0 Å². The van der Waals surface area contributed by atoms with Crippen LogP contribution < -0.4 is 5.32 Å². The summed E-state index contributed by atoms with van der Waals surface area (Å²) >= 11 is 4.46. The maximum atomic E-state index is 12.5. The first-order chi connectivity index (χ1) is 11.2. The number of carbonyl (C=O) groups excluding carboxylic acids is 1. The van der Waals surface area contributed by atoms with Crippen molar-refractivity contribution in [2.45, 2.75) is 58.2 Å². The average molecular weight is 349 g/mol. The Labute approximate surface area is 150 Å². The largest absolute Gasteiger partial charge is 0.337 e. The molecule has 0 bridgehead atoms. The Morgan fingerprint density at radius 2 is 1.83 bits per heavy atom. The first kappa shape index (κ1) is 18.8. The van der Waals surface area contributed by atoms with Gasteiger partial charge in [0.15, 0.2) is 5.66 Å². The minimum absolute atomic E-state index is 0.225. The average Bonchev–Trinajstić information content (AvgIpc) is 3.34. The zero-order valence-corrected chi connectivity index (χ0v) is 15.9. The highest BCUT2D eigenvalue weighted by Gasteiger charge is 2.35. The van der Waals surface area contributed by atoms with E-state index in [4.69, 9.17) is 0 Å². The molecule has 5 nitrogen and oxygen atoms in total. The van der Waals surface area contributed by atoms with E-state index in [-0.39, 0.29) is 11.6 Å². The van der Waals surface area contributed by atoms with Gasteiger partial charge in [-0.3, -0.25) is 0 Å². The summed E-state index contributed by atoms with van der Waals surface area (Å²) in [7, 11) is 0. The molecule has 1 atom stereocenters. The van der Waals surface area contributed by atoms with E-state index in [1.165, 1.54) is 17.1 Å². The number of nitrogens with zero attached hydrogens (tertiary/aromatic N) is 3. The lowest BCUT2D eigenvalue weighted by atomic mass is 10.0. The minimum Gasteiger partial charge on any atom is -0.337 e. The summed E-state index contributed by atoms with van der Waals surface area (Å²) in [6.07, 6.45) is 2.93.